The fraction of sp³-hybridized carbons (Fsp3) is 0.320. The Kier molecular flexibility index (Phi) is 6.77. The van der Waals surface area contributed by atoms with E-state index in [1.165, 1.54) is 44.1 Å². The third-order valence-corrected chi connectivity index (χ3v) is 6.67. The second-order valence-electron chi connectivity index (χ2n) is 7.95. The first-order chi connectivity index (χ1) is 15.1. The first-order valence-electron chi connectivity index (χ1n) is 10.6. The number of esters is 1. The van der Waals surface area contributed by atoms with Crippen molar-refractivity contribution in [2.45, 2.75) is 38.0 Å². The zero-order chi connectivity index (χ0) is 21.6. The van der Waals surface area contributed by atoms with E-state index in [-0.39, 0.29) is 17.5 Å². The maximum atomic E-state index is 13.2. The van der Waals surface area contributed by atoms with Crippen LogP contribution < -0.4 is 5.32 Å². The van der Waals surface area contributed by atoms with Crippen LogP contribution in [-0.2, 0) is 9.53 Å². The Morgan fingerprint density at radius 1 is 1.06 bits per heavy atom. The fourth-order valence-corrected chi connectivity index (χ4v) is 4.92. The van der Waals surface area contributed by atoms with Crippen molar-refractivity contribution < 1.29 is 14.3 Å². The predicted molar refractivity (Wildman–Crippen MR) is 123 cm³/mol. The van der Waals surface area contributed by atoms with Crippen molar-refractivity contribution in [1.29, 1.82) is 0 Å². The van der Waals surface area contributed by atoms with Gasteiger partial charge in [-0.15, -0.1) is 11.3 Å². The van der Waals surface area contributed by atoms with Crippen LogP contribution in [-0.4, -0.2) is 24.0 Å². The van der Waals surface area contributed by atoms with Crippen LogP contribution in [0.25, 0.3) is 11.1 Å². The van der Waals surface area contributed by atoms with E-state index < -0.39 is 5.97 Å². The van der Waals surface area contributed by atoms with Gasteiger partial charge in [0.25, 0.3) is 0 Å². The molecule has 1 N–H and O–H groups in total. The van der Waals surface area contributed by atoms with E-state index in [9.17, 15) is 9.59 Å². The summed E-state index contributed by atoms with van der Waals surface area (Å²) in [5.41, 5.74) is 3.51. The molecule has 31 heavy (non-hydrogen) atoms. The van der Waals surface area contributed by atoms with Crippen LogP contribution in [0.2, 0.25) is 0 Å². The SMILES string of the molecule is COC(=O)c1csc(NC(=O)C(CC2CCCC2)c2ccc(-c3ccccc3)cc2)n1. The molecule has 4 rings (SSSR count). The molecule has 5 nitrogen and oxygen atoms in total. The first kappa shape index (κ1) is 21.2. The van der Waals surface area contributed by atoms with E-state index in [4.69, 9.17) is 4.74 Å². The van der Waals surface area contributed by atoms with Crippen LogP contribution in [0.3, 0.4) is 0 Å². The molecule has 6 heteroatoms. The molecule has 1 aliphatic carbocycles. The Balaban J connectivity index is 1.54. The standard InChI is InChI=1S/C25H26N2O3S/c1-30-24(29)22-16-31-25(26-22)27-23(28)21(15-17-7-5-6-8-17)20-13-11-19(12-14-20)18-9-3-2-4-10-18/h2-4,9-14,16-17,21H,5-8,15H2,1H3,(H,26,27,28). The van der Waals surface area contributed by atoms with E-state index in [0.29, 0.717) is 11.0 Å². The monoisotopic (exact) mass is 434 g/mol. The molecule has 1 aromatic heterocycles. The number of hydrogen-bond acceptors (Lipinski definition) is 5. The highest BCUT2D eigenvalue weighted by Gasteiger charge is 2.27. The molecule has 0 radical (unpaired) electrons. The van der Waals surface area contributed by atoms with Crippen LogP contribution in [0.1, 0.15) is 54.1 Å². The van der Waals surface area contributed by atoms with Crippen LogP contribution in [0.15, 0.2) is 60.0 Å². The minimum absolute atomic E-state index is 0.0786. The van der Waals surface area contributed by atoms with Crippen molar-refractivity contribution >= 4 is 28.3 Å². The molecule has 1 amide bonds. The zero-order valence-electron chi connectivity index (χ0n) is 17.5. The summed E-state index contributed by atoms with van der Waals surface area (Å²) >= 11 is 1.23. The summed E-state index contributed by atoms with van der Waals surface area (Å²) in [6, 6.07) is 18.5. The van der Waals surface area contributed by atoms with Crippen molar-refractivity contribution in [3.63, 3.8) is 0 Å². The predicted octanol–water partition coefficient (Wildman–Crippen LogP) is 5.90. The molecule has 1 saturated carbocycles. The molecular weight excluding hydrogens is 408 g/mol. The van der Waals surface area contributed by atoms with Crippen molar-refractivity contribution in [3.8, 4) is 11.1 Å². The maximum Gasteiger partial charge on any atom is 0.357 e. The van der Waals surface area contributed by atoms with Gasteiger partial charge in [0.1, 0.15) is 0 Å². The van der Waals surface area contributed by atoms with Crippen LogP contribution in [0.4, 0.5) is 5.13 Å². The summed E-state index contributed by atoms with van der Waals surface area (Å²) in [5.74, 6) is -0.272. The van der Waals surface area contributed by atoms with Crippen LogP contribution >= 0.6 is 11.3 Å². The Hall–Kier alpha value is -2.99. The van der Waals surface area contributed by atoms with Gasteiger partial charge in [-0.1, -0.05) is 80.3 Å². The van der Waals surface area contributed by atoms with Gasteiger partial charge in [-0.05, 0) is 29.0 Å². The molecule has 0 bridgehead atoms. The van der Waals surface area contributed by atoms with Gasteiger partial charge in [0, 0.05) is 5.38 Å². The molecule has 1 heterocycles. The van der Waals surface area contributed by atoms with Gasteiger partial charge in [0.05, 0.1) is 13.0 Å². The number of amides is 1. The largest absolute Gasteiger partial charge is 0.464 e. The quantitative estimate of drug-likeness (QED) is 0.470. The zero-order valence-corrected chi connectivity index (χ0v) is 18.4. The number of thiazole rings is 1. The van der Waals surface area contributed by atoms with Crippen LogP contribution in [0.5, 0.6) is 0 Å². The number of ether oxygens (including phenoxy) is 1. The normalized spacial score (nSPS) is 14.9. The molecular formula is C25H26N2O3S. The summed E-state index contributed by atoms with van der Waals surface area (Å²) in [6.07, 6.45) is 5.65. The second kappa shape index (κ2) is 9.88. The third-order valence-electron chi connectivity index (χ3n) is 5.91. The third kappa shape index (κ3) is 5.20. The van der Waals surface area contributed by atoms with Gasteiger partial charge < -0.3 is 10.1 Å². The minimum atomic E-state index is -0.504. The lowest BCUT2D eigenvalue weighted by atomic mass is 9.86. The van der Waals surface area contributed by atoms with Gasteiger partial charge in [-0.25, -0.2) is 9.78 Å². The number of nitrogens with one attached hydrogen (secondary N) is 1. The van der Waals surface area contributed by atoms with Gasteiger partial charge in [-0.3, -0.25) is 4.79 Å². The van der Waals surface area contributed by atoms with E-state index >= 15 is 0 Å². The number of carbonyl (C=O) groups excluding carboxylic acids is 2. The average Bonchev–Trinajstić information content (AvgIpc) is 3.50. The smallest absolute Gasteiger partial charge is 0.357 e. The Morgan fingerprint density at radius 2 is 1.74 bits per heavy atom. The number of carbonyl (C=O) groups is 2. The molecule has 1 atom stereocenters. The molecule has 1 unspecified atom stereocenters. The van der Waals surface area contributed by atoms with E-state index in [2.05, 4.69) is 46.7 Å². The first-order valence-corrected chi connectivity index (χ1v) is 11.5. The average molecular weight is 435 g/mol. The topological polar surface area (TPSA) is 68.3 Å². The van der Waals surface area contributed by atoms with Crippen LogP contribution in [0, 0.1) is 5.92 Å². The minimum Gasteiger partial charge on any atom is -0.464 e. The van der Waals surface area contributed by atoms with Crippen molar-refractivity contribution in [2.75, 3.05) is 12.4 Å². The van der Waals surface area contributed by atoms with Gasteiger partial charge in [0.2, 0.25) is 5.91 Å². The molecule has 1 fully saturated rings. The number of nitrogens with zero attached hydrogens (tertiary/aromatic N) is 1. The molecule has 3 aromatic rings. The Labute approximate surface area is 186 Å². The summed E-state index contributed by atoms with van der Waals surface area (Å²) < 4.78 is 4.70. The Morgan fingerprint density at radius 3 is 2.42 bits per heavy atom. The number of aromatic nitrogens is 1. The molecule has 0 aliphatic heterocycles. The van der Waals surface area contributed by atoms with Gasteiger partial charge in [0.15, 0.2) is 10.8 Å². The number of benzene rings is 2. The molecule has 1 aliphatic rings. The van der Waals surface area contributed by atoms with Crippen molar-refractivity contribution in [1.82, 2.24) is 4.98 Å². The highest BCUT2D eigenvalue weighted by atomic mass is 32.1. The highest BCUT2D eigenvalue weighted by molar-refractivity contribution is 7.14. The molecule has 160 valence electrons. The molecule has 0 saturated heterocycles. The number of anilines is 1. The lowest BCUT2D eigenvalue weighted by Crippen LogP contribution is -2.23. The van der Waals surface area contributed by atoms with E-state index in [1.54, 1.807) is 5.38 Å². The summed E-state index contributed by atoms with van der Waals surface area (Å²) in [6.45, 7) is 0. The number of hydrogen-bond donors (Lipinski definition) is 1. The maximum absolute atomic E-state index is 13.2. The lowest BCUT2D eigenvalue weighted by molar-refractivity contribution is -0.118. The summed E-state index contributed by atoms with van der Waals surface area (Å²) in [7, 11) is 1.32. The van der Waals surface area contributed by atoms with Gasteiger partial charge in [-0.2, -0.15) is 0 Å². The number of rotatable bonds is 7. The van der Waals surface area contributed by atoms with Gasteiger partial charge >= 0.3 is 5.97 Å². The molecule has 0 spiro atoms. The van der Waals surface area contributed by atoms with E-state index in [0.717, 1.165) is 23.1 Å². The molecule has 2 aromatic carbocycles. The highest BCUT2D eigenvalue weighted by Crippen LogP contribution is 2.35. The van der Waals surface area contributed by atoms with Crippen molar-refractivity contribution in [2.24, 2.45) is 5.92 Å². The second-order valence-corrected chi connectivity index (χ2v) is 8.80. The fourth-order valence-electron chi connectivity index (χ4n) is 4.23. The van der Waals surface area contributed by atoms with Crippen molar-refractivity contribution in [3.05, 3.63) is 71.2 Å². The number of methoxy groups -OCH3 is 1. The lowest BCUT2D eigenvalue weighted by Gasteiger charge is -2.20. The summed E-state index contributed by atoms with van der Waals surface area (Å²) in [5, 5.41) is 4.94. The Bertz CT molecular complexity index is 1020. The van der Waals surface area contributed by atoms with E-state index in [1.807, 2.05) is 18.2 Å². The summed E-state index contributed by atoms with van der Waals surface area (Å²) in [4.78, 5) is 29.1.